The van der Waals surface area contributed by atoms with Crippen molar-refractivity contribution in [2.24, 2.45) is 16.6 Å². The second-order valence-corrected chi connectivity index (χ2v) is 10.7. The van der Waals surface area contributed by atoms with Crippen molar-refractivity contribution in [1.29, 1.82) is 0 Å². The summed E-state index contributed by atoms with van der Waals surface area (Å²) in [5.41, 5.74) is 8.15. The van der Waals surface area contributed by atoms with E-state index < -0.39 is 5.72 Å². The molecular weight excluding hydrogens is 480 g/mol. The number of cyclic esters (lactones) is 1. The average molecular weight is 517 g/mol. The molecule has 2 aliphatic heterocycles. The number of ether oxygens (including phenoxy) is 1. The van der Waals surface area contributed by atoms with E-state index in [-0.39, 0.29) is 23.6 Å². The lowest BCUT2D eigenvalue weighted by Crippen LogP contribution is -2.49. The molecule has 0 aromatic heterocycles. The van der Waals surface area contributed by atoms with Crippen LogP contribution in [0.3, 0.4) is 0 Å². The summed E-state index contributed by atoms with van der Waals surface area (Å²) in [5, 5.41) is 0. The Bertz CT molecular complexity index is 1240. The number of hydrogen-bond acceptors (Lipinski definition) is 7. The van der Waals surface area contributed by atoms with Crippen molar-refractivity contribution in [1.82, 2.24) is 4.90 Å². The molecule has 8 nitrogen and oxygen atoms in total. The van der Waals surface area contributed by atoms with Crippen molar-refractivity contribution >= 4 is 35.0 Å². The Morgan fingerprint density at radius 1 is 1.08 bits per heavy atom. The first-order valence-electron chi connectivity index (χ1n) is 13.7. The van der Waals surface area contributed by atoms with Crippen LogP contribution in [-0.2, 0) is 20.9 Å². The molecule has 8 heteroatoms. The van der Waals surface area contributed by atoms with Crippen molar-refractivity contribution in [2.75, 3.05) is 11.9 Å². The van der Waals surface area contributed by atoms with E-state index in [0.717, 1.165) is 17.7 Å². The third kappa shape index (κ3) is 5.30. The van der Waals surface area contributed by atoms with Gasteiger partial charge in [-0.1, -0.05) is 56.0 Å². The van der Waals surface area contributed by atoms with Gasteiger partial charge in [-0.3, -0.25) is 14.5 Å². The molecule has 2 N–H and O–H groups in total. The quantitative estimate of drug-likeness (QED) is 0.254. The summed E-state index contributed by atoms with van der Waals surface area (Å²) < 4.78 is 5.52. The van der Waals surface area contributed by atoms with Crippen molar-refractivity contribution in [3.63, 3.8) is 0 Å². The highest BCUT2D eigenvalue weighted by Crippen LogP contribution is 2.44. The zero-order valence-corrected chi connectivity index (χ0v) is 22.0. The van der Waals surface area contributed by atoms with E-state index in [1.807, 2.05) is 42.5 Å². The molecule has 1 unspecified atom stereocenters. The second-order valence-electron chi connectivity index (χ2n) is 10.7. The molecule has 2 aromatic carbocycles. The van der Waals surface area contributed by atoms with Gasteiger partial charge in [-0.2, -0.15) is 0 Å². The maximum Gasteiger partial charge on any atom is 0.375 e. The van der Waals surface area contributed by atoms with E-state index in [9.17, 15) is 14.4 Å². The van der Waals surface area contributed by atoms with E-state index >= 15 is 0 Å². The molecule has 2 aromatic rings. The fourth-order valence-electron chi connectivity index (χ4n) is 5.75. The summed E-state index contributed by atoms with van der Waals surface area (Å²) in [5.74, 6) is 0.598. The van der Waals surface area contributed by atoms with E-state index in [0.29, 0.717) is 55.8 Å². The van der Waals surface area contributed by atoms with Gasteiger partial charge in [0.15, 0.2) is 11.7 Å². The lowest BCUT2D eigenvalue weighted by Gasteiger charge is -2.32. The van der Waals surface area contributed by atoms with E-state index in [4.69, 9.17) is 10.5 Å². The number of amides is 1. The number of rotatable bonds is 11. The van der Waals surface area contributed by atoms with Gasteiger partial charge in [0.25, 0.3) is 5.72 Å². The van der Waals surface area contributed by atoms with Crippen LogP contribution < -0.4 is 10.6 Å². The molecule has 0 spiro atoms. The molecule has 2 heterocycles. The minimum atomic E-state index is -1.02. The standard InChI is InChI=1S/C30H36N4O4/c1-33(23-13-3-2-4-14-23)26(36)17-8-7-16-25(35)24-15-9-12-22-20-34(29(31)32-27(22)24)30(28(37)38-30)19-18-21-10-5-6-11-21/h2-4,9,12-15,21H,5-8,10-11,16-20H2,1H3,(H2,31,32). The molecule has 0 radical (unpaired) electrons. The molecule has 1 saturated carbocycles. The van der Waals surface area contributed by atoms with Crippen molar-refractivity contribution < 1.29 is 19.1 Å². The Balaban J connectivity index is 1.18. The van der Waals surface area contributed by atoms with Crippen LogP contribution in [0, 0.1) is 5.92 Å². The Labute approximate surface area is 223 Å². The number of carbonyl (C=O) groups excluding carboxylic acids is 3. The van der Waals surface area contributed by atoms with Gasteiger partial charge in [-0.05, 0) is 48.9 Å². The lowest BCUT2D eigenvalue weighted by atomic mass is 9.96. The zero-order valence-electron chi connectivity index (χ0n) is 22.0. The summed E-state index contributed by atoms with van der Waals surface area (Å²) >= 11 is 0. The van der Waals surface area contributed by atoms with Gasteiger partial charge >= 0.3 is 5.97 Å². The van der Waals surface area contributed by atoms with Crippen LogP contribution in [0.2, 0.25) is 0 Å². The summed E-state index contributed by atoms with van der Waals surface area (Å²) in [7, 11) is 1.77. The van der Waals surface area contributed by atoms with Crippen molar-refractivity contribution in [2.45, 2.75) is 76.5 Å². The maximum absolute atomic E-state index is 13.1. The van der Waals surface area contributed by atoms with Gasteiger partial charge in [0, 0.05) is 37.6 Å². The predicted molar refractivity (Wildman–Crippen MR) is 146 cm³/mol. The number of ketones is 1. The highest BCUT2D eigenvalue weighted by Gasteiger charge is 2.63. The lowest BCUT2D eigenvalue weighted by molar-refractivity contribution is -0.119. The maximum atomic E-state index is 13.1. The van der Waals surface area contributed by atoms with Gasteiger partial charge in [0.1, 0.15) is 0 Å². The van der Waals surface area contributed by atoms with E-state index in [2.05, 4.69) is 4.99 Å². The molecule has 3 aliphatic rings. The minimum Gasteiger partial charge on any atom is -0.423 e. The first-order valence-corrected chi connectivity index (χ1v) is 13.7. The Morgan fingerprint density at radius 2 is 1.79 bits per heavy atom. The van der Waals surface area contributed by atoms with Gasteiger partial charge < -0.3 is 15.4 Å². The predicted octanol–water partition coefficient (Wildman–Crippen LogP) is 5.08. The normalized spacial score (nSPS) is 20.5. The number of fused-ring (bicyclic) bond motifs is 1. The third-order valence-corrected chi connectivity index (χ3v) is 8.15. The minimum absolute atomic E-state index is 0.0228. The SMILES string of the molecule is CN(C(=O)CCCCC(=O)c1cccc2c1N=C(N)N(C1(CCC3CCCC3)OC1=O)C2)c1ccccc1. The summed E-state index contributed by atoms with van der Waals surface area (Å²) in [6.45, 7) is 0.377. The number of unbranched alkanes of at least 4 members (excludes halogenated alkanes) is 1. The number of benzene rings is 2. The molecule has 200 valence electrons. The fraction of sp³-hybridized carbons (Fsp3) is 0.467. The third-order valence-electron chi connectivity index (χ3n) is 8.15. The van der Waals surface area contributed by atoms with E-state index in [1.54, 1.807) is 22.9 Å². The highest BCUT2D eigenvalue weighted by atomic mass is 16.7. The van der Waals surface area contributed by atoms with Gasteiger partial charge in [-0.15, -0.1) is 0 Å². The molecule has 1 aliphatic carbocycles. The number of nitrogens with two attached hydrogens (primary N) is 1. The number of nitrogens with zero attached hydrogens (tertiary/aromatic N) is 3. The molecule has 5 rings (SSSR count). The van der Waals surface area contributed by atoms with Crippen LogP contribution in [0.15, 0.2) is 53.5 Å². The molecule has 0 bridgehead atoms. The first-order chi connectivity index (χ1) is 18.4. The smallest absolute Gasteiger partial charge is 0.375 e. The molecule has 1 saturated heterocycles. The van der Waals surface area contributed by atoms with Crippen molar-refractivity contribution in [3.05, 3.63) is 59.7 Å². The van der Waals surface area contributed by atoms with Crippen LogP contribution in [0.1, 0.15) is 80.1 Å². The number of aliphatic imine (C=N–C) groups is 1. The number of carbonyl (C=O) groups is 3. The Hall–Kier alpha value is -3.68. The second kappa shape index (κ2) is 11.0. The largest absolute Gasteiger partial charge is 0.423 e. The number of Topliss-reactive ketones (excluding diaryl/α,β-unsaturated/α-hetero) is 1. The van der Waals surface area contributed by atoms with Crippen LogP contribution in [0.25, 0.3) is 0 Å². The molecule has 1 atom stereocenters. The number of para-hydroxylation sites is 2. The van der Waals surface area contributed by atoms with Crippen molar-refractivity contribution in [3.8, 4) is 0 Å². The van der Waals surface area contributed by atoms with E-state index in [1.165, 1.54) is 25.7 Å². The zero-order chi connectivity index (χ0) is 26.7. The Morgan fingerprint density at radius 3 is 2.50 bits per heavy atom. The van der Waals surface area contributed by atoms with Crippen LogP contribution in [0.5, 0.6) is 0 Å². The number of anilines is 1. The van der Waals surface area contributed by atoms with Crippen LogP contribution in [0.4, 0.5) is 11.4 Å². The van der Waals surface area contributed by atoms with Gasteiger partial charge in [0.05, 0.1) is 12.2 Å². The highest BCUT2D eigenvalue weighted by molar-refractivity contribution is 6.04. The fourth-order valence-corrected chi connectivity index (χ4v) is 5.75. The van der Waals surface area contributed by atoms with Crippen LogP contribution in [-0.4, -0.2) is 41.3 Å². The summed E-state index contributed by atoms with van der Waals surface area (Å²) in [6.07, 6.45) is 8.40. The number of guanidine groups is 1. The molecule has 1 amide bonds. The molecule has 38 heavy (non-hydrogen) atoms. The van der Waals surface area contributed by atoms with Crippen LogP contribution >= 0.6 is 0 Å². The number of epoxide rings is 1. The molecule has 2 fully saturated rings. The van der Waals surface area contributed by atoms with Gasteiger partial charge in [0.2, 0.25) is 5.91 Å². The summed E-state index contributed by atoms with van der Waals surface area (Å²) in [6, 6.07) is 15.1. The van der Waals surface area contributed by atoms with Gasteiger partial charge in [-0.25, -0.2) is 9.79 Å². The summed E-state index contributed by atoms with van der Waals surface area (Å²) in [4.78, 5) is 46.0. The average Bonchev–Trinajstić information content (AvgIpc) is 3.31. The monoisotopic (exact) mass is 516 g/mol. The first kappa shape index (κ1) is 25.9. The molecular formula is C30H36N4O4. The number of hydrogen-bond donors (Lipinski definition) is 1. The topological polar surface area (TPSA) is 109 Å². The Kier molecular flexibility index (Phi) is 7.49.